The van der Waals surface area contributed by atoms with E-state index in [0.717, 1.165) is 49.4 Å². The molecule has 30 heavy (non-hydrogen) atoms. The summed E-state index contributed by atoms with van der Waals surface area (Å²) in [5, 5.41) is 5.10. The van der Waals surface area contributed by atoms with Gasteiger partial charge in [-0.25, -0.2) is 0 Å². The first-order chi connectivity index (χ1) is 14.5. The Morgan fingerprint density at radius 1 is 1.03 bits per heavy atom. The van der Waals surface area contributed by atoms with E-state index in [1.165, 1.54) is 4.88 Å². The van der Waals surface area contributed by atoms with Gasteiger partial charge in [0.25, 0.3) is 11.8 Å². The molecule has 1 saturated heterocycles. The molecule has 1 fully saturated rings. The number of hydrogen-bond donors (Lipinski definition) is 1. The van der Waals surface area contributed by atoms with Gasteiger partial charge in [-0.2, -0.15) is 0 Å². The number of carbonyl (C=O) groups excluding carboxylic acids is 2. The number of anilines is 1. The minimum atomic E-state index is -0.144. The van der Waals surface area contributed by atoms with Crippen LogP contribution in [0, 0.1) is 20.8 Å². The lowest BCUT2D eigenvalue weighted by Crippen LogP contribution is -2.28. The van der Waals surface area contributed by atoms with Gasteiger partial charge in [-0.1, -0.05) is 12.1 Å². The fourth-order valence-electron chi connectivity index (χ4n) is 4.12. The monoisotopic (exact) mass is 421 g/mol. The van der Waals surface area contributed by atoms with Crippen molar-refractivity contribution >= 4 is 28.8 Å². The predicted molar refractivity (Wildman–Crippen MR) is 122 cm³/mol. The first-order valence-electron chi connectivity index (χ1n) is 10.3. The third kappa shape index (κ3) is 3.92. The van der Waals surface area contributed by atoms with E-state index in [1.54, 1.807) is 11.3 Å². The number of nitrogens with zero attached hydrogens (tertiary/aromatic N) is 2. The van der Waals surface area contributed by atoms with Crippen molar-refractivity contribution in [2.45, 2.75) is 40.2 Å². The van der Waals surface area contributed by atoms with E-state index < -0.39 is 0 Å². The minimum absolute atomic E-state index is 0.0511. The van der Waals surface area contributed by atoms with Gasteiger partial charge in [0.15, 0.2) is 0 Å². The molecule has 0 atom stereocenters. The average Bonchev–Trinajstić information content (AvgIpc) is 3.48. The molecule has 2 amide bonds. The number of carbonyl (C=O) groups is 2. The highest BCUT2D eigenvalue weighted by Gasteiger charge is 2.23. The van der Waals surface area contributed by atoms with Crippen LogP contribution in [0.3, 0.4) is 0 Å². The summed E-state index contributed by atoms with van der Waals surface area (Å²) in [6, 6.07) is 11.6. The van der Waals surface area contributed by atoms with Crippen molar-refractivity contribution in [1.29, 1.82) is 0 Å². The van der Waals surface area contributed by atoms with Crippen LogP contribution < -0.4 is 5.32 Å². The number of likely N-dealkylation sites (tertiary alicyclic amines) is 1. The quantitative estimate of drug-likeness (QED) is 0.629. The summed E-state index contributed by atoms with van der Waals surface area (Å²) in [7, 11) is 0. The second kappa shape index (κ2) is 8.48. The zero-order valence-electron chi connectivity index (χ0n) is 17.7. The molecular weight excluding hydrogens is 394 g/mol. The lowest BCUT2D eigenvalue weighted by Gasteiger charge is -2.18. The van der Waals surface area contributed by atoms with Gasteiger partial charge in [-0.05, 0) is 68.8 Å². The molecule has 156 valence electrons. The summed E-state index contributed by atoms with van der Waals surface area (Å²) in [5.74, 6) is -0.0929. The van der Waals surface area contributed by atoms with Crippen molar-refractivity contribution in [3.05, 3.63) is 74.7 Å². The molecular formula is C24H27N3O2S. The van der Waals surface area contributed by atoms with Gasteiger partial charge in [-0.15, -0.1) is 11.3 Å². The Morgan fingerprint density at radius 3 is 2.50 bits per heavy atom. The van der Waals surface area contributed by atoms with E-state index >= 15 is 0 Å². The van der Waals surface area contributed by atoms with E-state index in [2.05, 4.69) is 21.3 Å². The summed E-state index contributed by atoms with van der Waals surface area (Å²) >= 11 is 1.71. The van der Waals surface area contributed by atoms with Crippen molar-refractivity contribution < 1.29 is 9.59 Å². The lowest BCUT2D eigenvalue weighted by molar-refractivity contribution is 0.0791. The van der Waals surface area contributed by atoms with Crippen LogP contribution in [0.25, 0.3) is 0 Å². The fourth-order valence-corrected chi connectivity index (χ4v) is 4.81. The SMILES string of the molecule is Cc1c(NC(=O)c2cc(C)n(Cc3cccs3)c2C)cccc1C(=O)N1CCCC1. The molecule has 0 radical (unpaired) electrons. The molecule has 4 rings (SSSR count). The average molecular weight is 422 g/mol. The third-order valence-corrected chi connectivity index (χ3v) is 6.78. The Labute approximate surface area is 181 Å². The van der Waals surface area contributed by atoms with Crippen molar-refractivity contribution in [2.75, 3.05) is 18.4 Å². The maximum absolute atomic E-state index is 13.1. The lowest BCUT2D eigenvalue weighted by atomic mass is 10.0. The van der Waals surface area contributed by atoms with Crippen LogP contribution >= 0.6 is 11.3 Å². The Morgan fingerprint density at radius 2 is 1.80 bits per heavy atom. The summed E-state index contributed by atoms with van der Waals surface area (Å²) in [6.07, 6.45) is 2.12. The van der Waals surface area contributed by atoms with E-state index in [9.17, 15) is 9.59 Å². The Hall–Kier alpha value is -2.86. The normalized spacial score (nSPS) is 13.6. The highest BCUT2D eigenvalue weighted by molar-refractivity contribution is 7.09. The molecule has 1 aromatic carbocycles. The number of aromatic nitrogens is 1. The van der Waals surface area contributed by atoms with Crippen LogP contribution in [-0.2, 0) is 6.54 Å². The highest BCUT2D eigenvalue weighted by Crippen LogP contribution is 2.24. The molecule has 5 nitrogen and oxygen atoms in total. The van der Waals surface area contributed by atoms with Gasteiger partial charge in [-0.3, -0.25) is 9.59 Å². The fraction of sp³-hybridized carbons (Fsp3) is 0.333. The van der Waals surface area contributed by atoms with Crippen LogP contribution in [0.2, 0.25) is 0 Å². The molecule has 3 aromatic rings. The molecule has 0 aliphatic carbocycles. The van der Waals surface area contributed by atoms with Gasteiger partial charge in [0.05, 0.1) is 12.1 Å². The number of benzene rings is 1. The van der Waals surface area contributed by atoms with Crippen molar-refractivity contribution in [3.63, 3.8) is 0 Å². The number of hydrogen-bond acceptors (Lipinski definition) is 3. The molecule has 0 unspecified atom stereocenters. The van der Waals surface area contributed by atoms with Crippen LogP contribution in [0.1, 0.15) is 55.4 Å². The predicted octanol–water partition coefficient (Wildman–Crippen LogP) is 5.01. The summed E-state index contributed by atoms with van der Waals surface area (Å²) in [4.78, 5) is 29.1. The van der Waals surface area contributed by atoms with Gasteiger partial charge in [0.1, 0.15) is 0 Å². The minimum Gasteiger partial charge on any atom is -0.343 e. The van der Waals surface area contributed by atoms with E-state index in [1.807, 2.05) is 56.0 Å². The molecule has 0 saturated carbocycles. The van der Waals surface area contributed by atoms with E-state index in [0.29, 0.717) is 16.8 Å². The van der Waals surface area contributed by atoms with Crippen LogP contribution in [0.15, 0.2) is 41.8 Å². The molecule has 2 aromatic heterocycles. The number of aryl methyl sites for hydroxylation is 1. The smallest absolute Gasteiger partial charge is 0.257 e. The topological polar surface area (TPSA) is 54.3 Å². The molecule has 1 aliphatic heterocycles. The van der Waals surface area contributed by atoms with Crippen molar-refractivity contribution in [1.82, 2.24) is 9.47 Å². The Balaban J connectivity index is 1.56. The maximum Gasteiger partial charge on any atom is 0.257 e. The molecule has 0 bridgehead atoms. The first kappa shape index (κ1) is 20.4. The Bertz CT molecular complexity index is 1080. The highest BCUT2D eigenvalue weighted by atomic mass is 32.1. The number of thiophene rings is 1. The number of rotatable bonds is 5. The molecule has 0 spiro atoms. The molecule has 6 heteroatoms. The summed E-state index contributed by atoms with van der Waals surface area (Å²) in [5.41, 5.74) is 4.84. The van der Waals surface area contributed by atoms with E-state index in [-0.39, 0.29) is 11.8 Å². The van der Waals surface area contributed by atoms with Gasteiger partial charge < -0.3 is 14.8 Å². The zero-order chi connectivity index (χ0) is 21.3. The Kier molecular flexibility index (Phi) is 5.77. The van der Waals surface area contributed by atoms with Gasteiger partial charge in [0, 0.05) is 40.6 Å². The third-order valence-electron chi connectivity index (χ3n) is 5.92. The second-order valence-corrected chi connectivity index (χ2v) is 8.91. The largest absolute Gasteiger partial charge is 0.343 e. The molecule has 1 aliphatic rings. The first-order valence-corrected chi connectivity index (χ1v) is 11.2. The summed E-state index contributed by atoms with van der Waals surface area (Å²) in [6.45, 7) is 8.30. The van der Waals surface area contributed by atoms with Crippen LogP contribution in [0.4, 0.5) is 5.69 Å². The van der Waals surface area contributed by atoms with Crippen molar-refractivity contribution in [2.24, 2.45) is 0 Å². The van der Waals surface area contributed by atoms with E-state index in [4.69, 9.17) is 0 Å². The van der Waals surface area contributed by atoms with Gasteiger partial charge in [0.2, 0.25) is 0 Å². The molecule has 1 N–H and O–H groups in total. The zero-order valence-corrected chi connectivity index (χ0v) is 18.5. The maximum atomic E-state index is 13.1. The van der Waals surface area contributed by atoms with Crippen LogP contribution in [-0.4, -0.2) is 34.4 Å². The van der Waals surface area contributed by atoms with Gasteiger partial charge >= 0.3 is 0 Å². The number of amides is 2. The second-order valence-electron chi connectivity index (χ2n) is 7.88. The summed E-state index contributed by atoms with van der Waals surface area (Å²) < 4.78 is 2.17. The standard InChI is InChI=1S/C24H27N3O2S/c1-16-14-21(18(3)27(16)15-19-8-7-13-30-19)23(28)25-22-10-6-9-20(17(22)2)24(29)26-11-4-5-12-26/h6-10,13-14H,4-5,11-12,15H2,1-3H3,(H,25,28). The van der Waals surface area contributed by atoms with Crippen LogP contribution in [0.5, 0.6) is 0 Å². The number of nitrogens with one attached hydrogen (secondary N) is 1. The molecule has 3 heterocycles. The van der Waals surface area contributed by atoms with Crippen molar-refractivity contribution in [3.8, 4) is 0 Å².